The van der Waals surface area contributed by atoms with Crippen LogP contribution in [0.2, 0.25) is 0 Å². The summed E-state index contributed by atoms with van der Waals surface area (Å²) in [5.41, 5.74) is 1.51. The molecule has 0 aromatic heterocycles. The van der Waals surface area contributed by atoms with E-state index in [1.807, 2.05) is 0 Å². The Bertz CT molecular complexity index is 727. The second-order valence-electron chi connectivity index (χ2n) is 6.38. The Morgan fingerprint density at radius 2 is 1.09 bits per heavy atom. The predicted octanol–water partition coefficient (Wildman–Crippen LogP) is 3.05. The highest BCUT2D eigenvalue weighted by atomic mass is 31.1. The van der Waals surface area contributed by atoms with Crippen LogP contribution in [0.5, 0.6) is 0 Å². The van der Waals surface area contributed by atoms with Gasteiger partial charge in [-0.1, -0.05) is 104 Å². The quantitative estimate of drug-likeness (QED) is 0.508. The van der Waals surface area contributed by atoms with Gasteiger partial charge in [-0.25, -0.2) is 0 Å². The smallest absolute Gasteiger partial charge is 0.0389 e. The average Bonchev–Trinajstić information content (AvgIpc) is 2.57. The fourth-order valence-corrected chi connectivity index (χ4v) is 7.54. The van der Waals surface area contributed by atoms with Crippen molar-refractivity contribution in [2.75, 3.05) is 0 Å². The van der Waals surface area contributed by atoms with E-state index in [4.69, 9.17) is 0 Å². The number of rotatable bonds is 4. The summed E-state index contributed by atoms with van der Waals surface area (Å²) >= 11 is 0. The van der Waals surface area contributed by atoms with Gasteiger partial charge in [0.2, 0.25) is 0 Å². The van der Waals surface area contributed by atoms with Crippen molar-refractivity contribution in [3.63, 3.8) is 0 Å². The Morgan fingerprint density at radius 1 is 0.652 bits per heavy atom. The second-order valence-corrected chi connectivity index (χ2v) is 10.3. The largest absolute Gasteiger partial charge is 0.0667 e. The van der Waals surface area contributed by atoms with Gasteiger partial charge < -0.3 is 0 Å². The maximum atomic E-state index is 2.41. The van der Waals surface area contributed by atoms with Crippen LogP contribution < -0.4 is 15.8 Å². The van der Waals surface area contributed by atoms with Gasteiger partial charge in [0.25, 0.3) is 0 Å². The van der Waals surface area contributed by atoms with Crippen LogP contribution in [-0.2, 0) is 5.16 Å². The van der Waals surface area contributed by atoms with Gasteiger partial charge in [-0.3, -0.25) is 0 Å². The minimum absolute atomic E-state index is 0.108. The van der Waals surface area contributed by atoms with Gasteiger partial charge in [0.1, 0.15) is 0 Å². The summed E-state index contributed by atoms with van der Waals surface area (Å²) in [6, 6.07) is 31.0. The van der Waals surface area contributed by atoms with E-state index >= 15 is 0 Å². The van der Waals surface area contributed by atoms with E-state index in [9.17, 15) is 0 Å². The topological polar surface area (TPSA) is 0 Å². The predicted molar refractivity (Wildman–Crippen MR) is 108 cm³/mol. The lowest BCUT2D eigenvalue weighted by atomic mass is 10.0. The second kappa shape index (κ2) is 6.82. The lowest BCUT2D eigenvalue weighted by Crippen LogP contribution is -2.31. The highest BCUT2D eigenvalue weighted by Gasteiger charge is 2.34. The van der Waals surface area contributed by atoms with Crippen LogP contribution in [0.3, 0.4) is 0 Å². The van der Waals surface area contributed by atoms with E-state index in [1.54, 1.807) is 0 Å². The van der Waals surface area contributed by atoms with Crippen molar-refractivity contribution in [1.82, 2.24) is 0 Å². The summed E-state index contributed by atoms with van der Waals surface area (Å²) in [4.78, 5) is 0. The van der Waals surface area contributed by atoms with Crippen molar-refractivity contribution in [2.24, 2.45) is 0 Å². The molecule has 0 aliphatic heterocycles. The molecule has 0 saturated heterocycles. The Hall–Kier alpha value is -1.69. The third-order valence-corrected chi connectivity index (χ3v) is 8.25. The molecule has 2 heteroatoms. The lowest BCUT2D eigenvalue weighted by Gasteiger charge is -2.37. The molecule has 0 atom stereocenters. The zero-order valence-electron chi connectivity index (χ0n) is 14.0. The van der Waals surface area contributed by atoms with Crippen LogP contribution >= 0.6 is 7.92 Å². The van der Waals surface area contributed by atoms with Gasteiger partial charge in [-0.05, 0) is 24.1 Å². The third kappa shape index (κ3) is 3.32. The first-order chi connectivity index (χ1) is 11.1. The fourth-order valence-electron chi connectivity index (χ4n) is 3.33. The number of hydrogen-bond donors (Lipinski definition) is 0. The maximum absolute atomic E-state index is 2.41. The SMILES string of the molecule is CC(C)(c1ccccc1[SiH3])P(c1ccccc1)c1ccccc1. The molecular formula is C21H23PSi. The van der Waals surface area contributed by atoms with Gasteiger partial charge >= 0.3 is 0 Å². The first-order valence-electron chi connectivity index (χ1n) is 8.07. The van der Waals surface area contributed by atoms with Gasteiger partial charge in [-0.2, -0.15) is 0 Å². The first kappa shape index (κ1) is 16.2. The normalized spacial score (nSPS) is 11.8. The van der Waals surface area contributed by atoms with Crippen LogP contribution in [0.15, 0.2) is 84.9 Å². The molecule has 3 aromatic carbocycles. The Kier molecular flexibility index (Phi) is 4.80. The van der Waals surface area contributed by atoms with E-state index in [0.717, 1.165) is 10.2 Å². The molecule has 0 amide bonds. The van der Waals surface area contributed by atoms with Crippen LogP contribution in [0, 0.1) is 0 Å². The molecule has 0 saturated carbocycles. The summed E-state index contributed by atoms with van der Waals surface area (Å²) in [5.74, 6) is 0. The molecule has 0 heterocycles. The summed E-state index contributed by atoms with van der Waals surface area (Å²) in [6.07, 6.45) is 0. The fraction of sp³-hybridized carbons (Fsp3) is 0.143. The van der Waals surface area contributed by atoms with E-state index in [1.165, 1.54) is 21.4 Å². The van der Waals surface area contributed by atoms with Gasteiger partial charge in [0.15, 0.2) is 0 Å². The summed E-state index contributed by atoms with van der Waals surface area (Å²) < 4.78 is 0. The van der Waals surface area contributed by atoms with Crippen molar-refractivity contribution in [2.45, 2.75) is 19.0 Å². The Labute approximate surface area is 143 Å². The molecular weight excluding hydrogens is 311 g/mol. The molecule has 0 nitrogen and oxygen atoms in total. The lowest BCUT2D eigenvalue weighted by molar-refractivity contribution is 0.778. The molecule has 0 N–H and O–H groups in total. The summed E-state index contributed by atoms with van der Waals surface area (Å²) in [6.45, 7) is 4.82. The molecule has 23 heavy (non-hydrogen) atoms. The highest BCUT2D eigenvalue weighted by Crippen LogP contribution is 2.53. The van der Waals surface area contributed by atoms with E-state index in [2.05, 4.69) is 98.8 Å². The Balaban J connectivity index is 2.18. The molecule has 0 radical (unpaired) electrons. The summed E-state index contributed by atoms with van der Waals surface area (Å²) in [7, 11) is 0.623. The zero-order chi connectivity index (χ0) is 16.3. The molecule has 0 spiro atoms. The first-order valence-corrected chi connectivity index (χ1v) is 10.4. The van der Waals surface area contributed by atoms with Crippen LogP contribution in [0.4, 0.5) is 0 Å². The van der Waals surface area contributed by atoms with Gasteiger partial charge in [-0.15, -0.1) is 0 Å². The number of hydrogen-bond acceptors (Lipinski definition) is 0. The molecule has 3 aromatic rings. The van der Waals surface area contributed by atoms with Crippen molar-refractivity contribution in [1.29, 1.82) is 0 Å². The number of benzene rings is 3. The maximum Gasteiger partial charge on any atom is 0.0389 e. The monoisotopic (exact) mass is 334 g/mol. The average molecular weight is 334 g/mol. The van der Waals surface area contributed by atoms with Crippen molar-refractivity contribution in [3.8, 4) is 0 Å². The molecule has 0 fully saturated rings. The van der Waals surface area contributed by atoms with E-state index in [-0.39, 0.29) is 5.16 Å². The van der Waals surface area contributed by atoms with E-state index in [0.29, 0.717) is 0 Å². The molecule has 0 aliphatic carbocycles. The standard InChI is InChI=1S/C21H23PSi/c1-21(2,19-15-9-10-16-20(19)23)22(17-11-5-3-6-12-17)18-13-7-4-8-14-18/h3-16H,1-2,23H3. The molecule has 116 valence electrons. The molecule has 0 bridgehead atoms. The van der Waals surface area contributed by atoms with Crippen LogP contribution in [-0.4, -0.2) is 10.2 Å². The van der Waals surface area contributed by atoms with Gasteiger partial charge in [0, 0.05) is 15.4 Å². The Morgan fingerprint density at radius 3 is 1.57 bits per heavy atom. The minimum atomic E-state index is -0.464. The minimum Gasteiger partial charge on any atom is -0.0667 e. The van der Waals surface area contributed by atoms with Gasteiger partial charge in [0.05, 0.1) is 0 Å². The highest BCUT2D eigenvalue weighted by molar-refractivity contribution is 7.74. The van der Waals surface area contributed by atoms with Crippen molar-refractivity contribution >= 4 is 34.0 Å². The molecule has 0 aliphatic rings. The zero-order valence-corrected chi connectivity index (χ0v) is 16.9. The third-order valence-electron chi connectivity index (χ3n) is 4.39. The van der Waals surface area contributed by atoms with Crippen molar-refractivity contribution < 1.29 is 0 Å². The molecule has 3 rings (SSSR count). The van der Waals surface area contributed by atoms with Crippen molar-refractivity contribution in [3.05, 3.63) is 90.5 Å². The van der Waals surface area contributed by atoms with Crippen LogP contribution in [0.1, 0.15) is 19.4 Å². The molecule has 0 unspecified atom stereocenters. The summed E-state index contributed by atoms with van der Waals surface area (Å²) in [5, 5.41) is 4.51. The van der Waals surface area contributed by atoms with Crippen LogP contribution in [0.25, 0.3) is 0 Å². The van der Waals surface area contributed by atoms with E-state index < -0.39 is 7.92 Å².